The van der Waals surface area contributed by atoms with Gasteiger partial charge >= 0.3 is 6.09 Å². The fourth-order valence-electron chi connectivity index (χ4n) is 2.67. The minimum atomic E-state index is -0.577. The summed E-state index contributed by atoms with van der Waals surface area (Å²) in [5, 5.41) is 8.23. The Morgan fingerprint density at radius 2 is 1.70 bits per heavy atom. The molecular formula is C23H29N3O4. The number of amides is 3. The minimum absolute atomic E-state index is 0.142. The van der Waals surface area contributed by atoms with Gasteiger partial charge in [-0.15, -0.1) is 0 Å². The first kappa shape index (κ1) is 22.9. The number of rotatable bonds is 7. The second-order valence-corrected chi connectivity index (χ2v) is 7.92. The molecule has 0 bridgehead atoms. The maximum Gasteiger partial charge on any atom is 0.407 e. The lowest BCUT2D eigenvalue weighted by Crippen LogP contribution is -2.35. The molecule has 0 aromatic heterocycles. The average molecular weight is 412 g/mol. The molecule has 0 radical (unpaired) electrons. The molecule has 2 rings (SSSR count). The Balaban J connectivity index is 1.80. The van der Waals surface area contributed by atoms with Gasteiger partial charge in [-0.1, -0.05) is 30.3 Å². The molecule has 0 heterocycles. The van der Waals surface area contributed by atoms with Crippen molar-refractivity contribution in [2.75, 3.05) is 11.9 Å². The number of aryl methyl sites for hydroxylation is 1. The summed E-state index contributed by atoms with van der Waals surface area (Å²) in [6.07, 6.45) is -0.407. The first-order valence-corrected chi connectivity index (χ1v) is 9.83. The van der Waals surface area contributed by atoms with Gasteiger partial charge in [0.05, 0.1) is 0 Å². The molecule has 2 aromatic rings. The number of hydrogen-bond acceptors (Lipinski definition) is 4. The summed E-state index contributed by atoms with van der Waals surface area (Å²) in [6.45, 7) is 7.72. The van der Waals surface area contributed by atoms with Crippen LogP contribution in [-0.4, -0.2) is 30.1 Å². The van der Waals surface area contributed by atoms with Crippen LogP contribution in [0.1, 0.15) is 48.7 Å². The van der Waals surface area contributed by atoms with Crippen LogP contribution in [0.3, 0.4) is 0 Å². The van der Waals surface area contributed by atoms with E-state index in [1.54, 1.807) is 32.9 Å². The van der Waals surface area contributed by atoms with Gasteiger partial charge in [0, 0.05) is 30.8 Å². The van der Waals surface area contributed by atoms with Crippen molar-refractivity contribution in [3.63, 3.8) is 0 Å². The third kappa shape index (κ3) is 7.95. The topological polar surface area (TPSA) is 96.5 Å². The van der Waals surface area contributed by atoms with Crippen LogP contribution >= 0.6 is 0 Å². The van der Waals surface area contributed by atoms with Crippen LogP contribution in [-0.2, 0) is 16.1 Å². The molecule has 0 fully saturated rings. The first-order chi connectivity index (χ1) is 14.1. The Kier molecular flexibility index (Phi) is 7.98. The van der Waals surface area contributed by atoms with Crippen molar-refractivity contribution in [1.29, 1.82) is 0 Å². The van der Waals surface area contributed by atoms with Crippen molar-refractivity contribution in [2.24, 2.45) is 0 Å². The summed E-state index contributed by atoms with van der Waals surface area (Å²) in [7, 11) is 0. The molecule has 0 spiro atoms. The predicted molar refractivity (Wildman–Crippen MR) is 116 cm³/mol. The van der Waals surface area contributed by atoms with Crippen molar-refractivity contribution < 1.29 is 19.1 Å². The maximum atomic E-state index is 12.4. The maximum absolute atomic E-state index is 12.4. The van der Waals surface area contributed by atoms with E-state index in [2.05, 4.69) is 16.0 Å². The van der Waals surface area contributed by atoms with E-state index < -0.39 is 11.7 Å². The van der Waals surface area contributed by atoms with Crippen molar-refractivity contribution in [3.05, 3.63) is 65.2 Å². The molecule has 0 aliphatic rings. The molecule has 3 N–H and O–H groups in total. The summed E-state index contributed by atoms with van der Waals surface area (Å²) in [6, 6.07) is 14.7. The Bertz CT molecular complexity index is 903. The largest absolute Gasteiger partial charge is 0.444 e. The number of ether oxygens (including phenoxy) is 1. The van der Waals surface area contributed by atoms with E-state index in [0.717, 1.165) is 11.1 Å². The van der Waals surface area contributed by atoms with Gasteiger partial charge in [0.2, 0.25) is 5.91 Å². The summed E-state index contributed by atoms with van der Waals surface area (Å²) < 4.78 is 5.12. The molecule has 0 unspecified atom stereocenters. The molecule has 30 heavy (non-hydrogen) atoms. The Labute approximate surface area is 177 Å². The van der Waals surface area contributed by atoms with Gasteiger partial charge < -0.3 is 20.7 Å². The van der Waals surface area contributed by atoms with E-state index in [1.807, 2.05) is 43.3 Å². The van der Waals surface area contributed by atoms with Gasteiger partial charge in [0.15, 0.2) is 0 Å². The van der Waals surface area contributed by atoms with Crippen LogP contribution in [0.4, 0.5) is 10.5 Å². The van der Waals surface area contributed by atoms with Crippen LogP contribution in [0.2, 0.25) is 0 Å². The van der Waals surface area contributed by atoms with Crippen LogP contribution in [0.5, 0.6) is 0 Å². The number of nitrogens with one attached hydrogen (secondary N) is 3. The third-order valence-corrected chi connectivity index (χ3v) is 4.08. The average Bonchev–Trinajstić information content (AvgIpc) is 2.65. The highest BCUT2D eigenvalue weighted by molar-refractivity contribution is 6.05. The molecule has 0 atom stereocenters. The molecule has 0 saturated heterocycles. The smallest absolute Gasteiger partial charge is 0.407 e. The highest BCUT2D eigenvalue weighted by Crippen LogP contribution is 2.14. The van der Waals surface area contributed by atoms with Gasteiger partial charge in [0.25, 0.3) is 5.91 Å². The van der Waals surface area contributed by atoms with E-state index in [-0.39, 0.29) is 24.8 Å². The molecule has 0 aliphatic heterocycles. The third-order valence-electron chi connectivity index (χ3n) is 4.08. The fourth-order valence-corrected chi connectivity index (χ4v) is 2.67. The minimum Gasteiger partial charge on any atom is -0.444 e. The highest BCUT2D eigenvalue weighted by atomic mass is 16.6. The zero-order chi connectivity index (χ0) is 22.1. The van der Waals surface area contributed by atoms with Crippen LogP contribution in [0, 0.1) is 6.92 Å². The lowest BCUT2D eigenvalue weighted by atomic mass is 10.1. The fraction of sp³-hybridized carbons (Fsp3) is 0.348. The van der Waals surface area contributed by atoms with Gasteiger partial charge in [-0.3, -0.25) is 9.59 Å². The van der Waals surface area contributed by atoms with Crippen molar-refractivity contribution in [1.82, 2.24) is 10.6 Å². The van der Waals surface area contributed by atoms with Crippen molar-refractivity contribution >= 4 is 23.6 Å². The molecular weight excluding hydrogens is 382 g/mol. The first-order valence-electron chi connectivity index (χ1n) is 9.83. The van der Waals surface area contributed by atoms with Crippen molar-refractivity contribution in [2.45, 2.75) is 46.3 Å². The van der Waals surface area contributed by atoms with Crippen LogP contribution in [0.25, 0.3) is 0 Å². The Hall–Kier alpha value is -3.35. The lowest BCUT2D eigenvalue weighted by Gasteiger charge is -2.19. The molecule has 0 saturated carbocycles. The number of carbonyl (C=O) groups excluding carboxylic acids is 3. The van der Waals surface area contributed by atoms with E-state index >= 15 is 0 Å². The van der Waals surface area contributed by atoms with E-state index in [4.69, 9.17) is 4.74 Å². The summed E-state index contributed by atoms with van der Waals surface area (Å²) >= 11 is 0. The van der Waals surface area contributed by atoms with E-state index in [0.29, 0.717) is 17.8 Å². The monoisotopic (exact) mass is 411 g/mol. The molecule has 7 nitrogen and oxygen atoms in total. The molecule has 0 aliphatic carbocycles. The second-order valence-electron chi connectivity index (χ2n) is 7.92. The zero-order valence-corrected chi connectivity index (χ0v) is 17.9. The summed E-state index contributed by atoms with van der Waals surface area (Å²) in [5.74, 6) is -0.372. The quantitative estimate of drug-likeness (QED) is 0.646. The summed E-state index contributed by atoms with van der Waals surface area (Å²) in [5.41, 5.74) is 2.45. The standard InChI is InChI=1S/C23H29N3O4/c1-16-8-5-6-11-19(16)21(28)26-18-10-7-9-17(14-18)15-25-20(27)12-13-24-22(29)30-23(2,3)4/h5-11,14H,12-13,15H2,1-4H3,(H,24,29)(H,25,27)(H,26,28). The number of hydrogen-bond donors (Lipinski definition) is 3. The van der Waals surface area contributed by atoms with Gasteiger partial charge in [0.1, 0.15) is 5.60 Å². The van der Waals surface area contributed by atoms with Crippen molar-refractivity contribution in [3.8, 4) is 0 Å². The Morgan fingerprint density at radius 1 is 0.967 bits per heavy atom. The van der Waals surface area contributed by atoms with E-state index in [9.17, 15) is 14.4 Å². The predicted octanol–water partition coefficient (Wildman–Crippen LogP) is 3.78. The highest BCUT2D eigenvalue weighted by Gasteiger charge is 2.16. The van der Waals surface area contributed by atoms with Gasteiger partial charge in [-0.05, 0) is 57.0 Å². The van der Waals surface area contributed by atoms with E-state index in [1.165, 1.54) is 0 Å². The molecule has 3 amide bonds. The molecule has 2 aromatic carbocycles. The SMILES string of the molecule is Cc1ccccc1C(=O)Nc1cccc(CNC(=O)CCNC(=O)OC(C)(C)C)c1. The number of carbonyl (C=O) groups is 3. The zero-order valence-electron chi connectivity index (χ0n) is 17.9. The molecule has 160 valence electrons. The van der Waals surface area contributed by atoms with Crippen LogP contribution < -0.4 is 16.0 Å². The van der Waals surface area contributed by atoms with Crippen LogP contribution in [0.15, 0.2) is 48.5 Å². The van der Waals surface area contributed by atoms with Gasteiger partial charge in [-0.2, -0.15) is 0 Å². The Morgan fingerprint density at radius 3 is 2.40 bits per heavy atom. The second kappa shape index (κ2) is 10.4. The number of anilines is 1. The number of alkyl carbamates (subject to hydrolysis) is 1. The normalized spacial score (nSPS) is 10.8. The molecule has 7 heteroatoms. The lowest BCUT2D eigenvalue weighted by molar-refractivity contribution is -0.121. The summed E-state index contributed by atoms with van der Waals surface area (Å²) in [4.78, 5) is 36.0. The number of benzene rings is 2. The van der Waals surface area contributed by atoms with Gasteiger partial charge in [-0.25, -0.2) is 4.79 Å².